The van der Waals surface area contributed by atoms with Gasteiger partial charge in [0, 0.05) is 41.9 Å². The molecule has 174 valence electrons. The number of hydrogen-bond donors (Lipinski definition) is 1. The van der Waals surface area contributed by atoms with Crippen LogP contribution in [0.25, 0.3) is 5.69 Å². The van der Waals surface area contributed by atoms with Gasteiger partial charge in [0.15, 0.2) is 5.69 Å². The maximum Gasteiger partial charge on any atom is 0.277 e. The molecule has 0 spiro atoms. The van der Waals surface area contributed by atoms with Gasteiger partial charge >= 0.3 is 0 Å². The first-order chi connectivity index (χ1) is 21.3. The molecule has 1 fully saturated rings. The Bertz CT molecular complexity index is 1820. The number of carbonyl (C=O) groups excluding carboxylic acids is 3. The van der Waals surface area contributed by atoms with E-state index >= 15 is 0 Å². The smallest absolute Gasteiger partial charge is 0.277 e. The number of hydrogen-bond acceptors (Lipinski definition) is 5. The number of benzene rings is 2. The third-order valence-corrected chi connectivity index (χ3v) is 5.20. The third kappa shape index (κ3) is 3.68. The fourth-order valence-corrected chi connectivity index (χ4v) is 3.57. The second-order valence-corrected chi connectivity index (χ2v) is 7.23. The fraction of sp³-hybridized carbons (Fsp3) is 0.280. The number of aromatic nitrogens is 2. The molecule has 5 rings (SSSR count). The number of carbonyl (C=O) groups is 3. The molecule has 0 unspecified atom stereocenters. The number of nitrogens with zero attached hydrogens (tertiary/aromatic N) is 4. The minimum atomic E-state index is -2.71. The molecule has 3 amide bonds. The summed E-state index contributed by atoms with van der Waals surface area (Å²) in [5.41, 5.74) is 1.37. The van der Waals surface area contributed by atoms with Crippen LogP contribution in [0.4, 0.5) is 11.4 Å². The Morgan fingerprint density at radius 1 is 0.971 bits per heavy atom. The summed E-state index contributed by atoms with van der Waals surface area (Å²) >= 11 is 0. The molecule has 3 aromatic rings. The number of methoxy groups -OCH3 is 1. The predicted octanol–water partition coefficient (Wildman–Crippen LogP) is 2.70. The van der Waals surface area contributed by atoms with E-state index in [0.29, 0.717) is 9.58 Å². The van der Waals surface area contributed by atoms with Gasteiger partial charge in [0.1, 0.15) is 11.4 Å². The second-order valence-electron chi connectivity index (χ2n) is 7.23. The first-order valence-corrected chi connectivity index (χ1v) is 10.1. The predicted molar refractivity (Wildman–Crippen MR) is 127 cm³/mol. The summed E-state index contributed by atoms with van der Waals surface area (Å²) in [6.07, 6.45) is -4.97. The minimum absolute atomic E-state index is 0.0965. The average molecular weight is 472 g/mol. The van der Waals surface area contributed by atoms with E-state index < -0.39 is 125 Å². The number of ether oxygens (including phenoxy) is 1. The van der Waals surface area contributed by atoms with Crippen molar-refractivity contribution >= 4 is 29.1 Å². The number of piperidine rings is 1. The average Bonchev–Trinajstić information content (AvgIpc) is 3.39. The number of primary amides is 1. The lowest BCUT2D eigenvalue weighted by molar-refractivity contribution is -0.119. The molecule has 0 aliphatic carbocycles. The van der Waals surface area contributed by atoms with Crippen molar-refractivity contribution in [3.63, 3.8) is 0 Å². The van der Waals surface area contributed by atoms with Crippen molar-refractivity contribution in [3.8, 4) is 11.4 Å². The monoisotopic (exact) mass is 471 g/mol. The van der Waals surface area contributed by atoms with Crippen molar-refractivity contribution in [2.24, 2.45) is 5.73 Å². The second kappa shape index (κ2) is 8.66. The Morgan fingerprint density at radius 2 is 1.62 bits per heavy atom. The first-order valence-electron chi connectivity index (χ1n) is 16.1. The Morgan fingerprint density at radius 3 is 2.26 bits per heavy atom. The summed E-state index contributed by atoms with van der Waals surface area (Å²) in [5.74, 6) is -4.04. The van der Waals surface area contributed by atoms with Crippen molar-refractivity contribution in [1.82, 2.24) is 9.78 Å². The number of anilines is 2. The zero-order valence-electron chi connectivity index (χ0n) is 29.8. The molecule has 0 saturated carbocycles. The van der Waals surface area contributed by atoms with E-state index in [9.17, 15) is 14.4 Å². The van der Waals surface area contributed by atoms with Gasteiger partial charge in [-0.1, -0.05) is 0 Å². The molecule has 2 aliphatic rings. The molecule has 9 nitrogen and oxygen atoms in total. The molecule has 34 heavy (non-hydrogen) atoms. The standard InChI is InChI=1S/C25H25N5O4/c1-34-19-11-9-18(10-12-19)30-23-20(22(27-30)24(26)32)13-15-29(25(23)33)17-7-5-16(6-8-17)28-14-3-2-4-21(28)31/h5-12H,2-4,13-15H2,1H3,(H2,26,32)/i4D2,5D,6D,7D,8D,9D,10D,11D,12D,13D2. The van der Waals surface area contributed by atoms with E-state index in [1.54, 1.807) is 0 Å². The Balaban J connectivity index is 1.77. The highest BCUT2D eigenvalue weighted by Crippen LogP contribution is 2.31. The molecule has 2 N–H and O–H groups in total. The van der Waals surface area contributed by atoms with Crippen molar-refractivity contribution in [2.45, 2.75) is 25.6 Å². The lowest BCUT2D eigenvalue weighted by atomic mass is 10.0. The third-order valence-electron chi connectivity index (χ3n) is 5.20. The van der Waals surface area contributed by atoms with Gasteiger partial charge in [-0.25, -0.2) is 4.68 Å². The van der Waals surface area contributed by atoms with Gasteiger partial charge in [0.2, 0.25) is 5.91 Å². The van der Waals surface area contributed by atoms with E-state index in [-0.39, 0.29) is 19.4 Å². The molecule has 2 aromatic carbocycles. The molecular weight excluding hydrogens is 434 g/mol. The van der Waals surface area contributed by atoms with Crippen LogP contribution in [0.3, 0.4) is 0 Å². The molecule has 0 bridgehead atoms. The van der Waals surface area contributed by atoms with E-state index in [1.165, 1.54) is 0 Å². The quantitative estimate of drug-likeness (QED) is 0.615. The maximum atomic E-state index is 14.2. The van der Waals surface area contributed by atoms with Crippen LogP contribution in [0.1, 0.15) is 62.2 Å². The van der Waals surface area contributed by atoms with Gasteiger partial charge in [0.25, 0.3) is 11.8 Å². The number of fused-ring (bicyclic) bond motifs is 1. The van der Waals surface area contributed by atoms with Crippen molar-refractivity contribution in [1.29, 1.82) is 0 Å². The van der Waals surface area contributed by atoms with Crippen molar-refractivity contribution in [3.05, 3.63) is 65.3 Å². The van der Waals surface area contributed by atoms with Crippen molar-refractivity contribution in [2.75, 3.05) is 30.0 Å². The van der Waals surface area contributed by atoms with E-state index in [1.807, 2.05) is 0 Å². The minimum Gasteiger partial charge on any atom is -0.497 e. The van der Waals surface area contributed by atoms with Gasteiger partial charge in [-0.2, -0.15) is 5.10 Å². The molecule has 3 heterocycles. The summed E-state index contributed by atoms with van der Waals surface area (Å²) in [6.45, 7) is -1.07. The molecule has 0 radical (unpaired) electrons. The van der Waals surface area contributed by atoms with Gasteiger partial charge < -0.3 is 20.3 Å². The Hall–Kier alpha value is -4.14. The first kappa shape index (κ1) is 11.8. The van der Waals surface area contributed by atoms with Crippen LogP contribution in [-0.2, 0) is 11.2 Å². The molecule has 2 aliphatic heterocycles. The lowest BCUT2D eigenvalue weighted by Crippen LogP contribution is -2.39. The van der Waals surface area contributed by atoms with Crippen LogP contribution in [0, 0.1) is 0 Å². The zero-order chi connectivity index (χ0) is 34.4. The topological polar surface area (TPSA) is 111 Å². The van der Waals surface area contributed by atoms with E-state index in [2.05, 4.69) is 5.10 Å². The molecule has 1 aromatic heterocycles. The highest BCUT2D eigenvalue weighted by Gasteiger charge is 2.34. The highest BCUT2D eigenvalue weighted by atomic mass is 16.5. The SMILES string of the molecule is [2H]c1c([2H])c(-n2nc(C(N)=O)c3c2C(=O)N(c2c([2H])c([2H])c(N4CCCC([2H])([2H])C4=O)c([2H])c2[2H])CC3([2H])[2H])c([2H])c([2H])c1OC. The zero-order valence-corrected chi connectivity index (χ0v) is 17.8. The highest BCUT2D eigenvalue weighted by molar-refractivity contribution is 6.09. The van der Waals surface area contributed by atoms with Crippen LogP contribution >= 0.6 is 0 Å². The maximum absolute atomic E-state index is 14.2. The summed E-state index contributed by atoms with van der Waals surface area (Å²) in [7, 11) is 1.11. The summed E-state index contributed by atoms with van der Waals surface area (Å²) in [5, 5.41) is 3.93. The summed E-state index contributed by atoms with van der Waals surface area (Å²) < 4.78 is 107. The molecular formula is C25H25N5O4. The van der Waals surface area contributed by atoms with Crippen molar-refractivity contribution < 1.29 is 35.6 Å². The van der Waals surface area contributed by atoms with Crippen LogP contribution in [0.15, 0.2) is 48.3 Å². The Kier molecular flexibility index (Phi) is 3.01. The fourth-order valence-electron chi connectivity index (χ4n) is 3.57. The van der Waals surface area contributed by atoms with Gasteiger partial charge in [-0.15, -0.1) is 0 Å². The van der Waals surface area contributed by atoms with E-state index in [4.69, 9.17) is 26.9 Å². The summed E-state index contributed by atoms with van der Waals surface area (Å²) in [4.78, 5) is 40.8. The number of amides is 3. The van der Waals surface area contributed by atoms with Gasteiger partial charge in [-0.3, -0.25) is 14.4 Å². The Labute approximate surface area is 213 Å². The summed E-state index contributed by atoms with van der Waals surface area (Å²) in [6, 6.07) is -6.25. The van der Waals surface area contributed by atoms with Crippen LogP contribution < -0.4 is 20.3 Å². The van der Waals surface area contributed by atoms with Crippen LogP contribution in [0.2, 0.25) is 0 Å². The van der Waals surface area contributed by atoms with Crippen LogP contribution in [-0.4, -0.2) is 47.7 Å². The van der Waals surface area contributed by atoms with Gasteiger partial charge in [0.05, 0.1) is 23.8 Å². The lowest BCUT2D eigenvalue weighted by Gasteiger charge is -2.29. The molecule has 9 heteroatoms. The molecule has 1 saturated heterocycles. The normalized spacial score (nSPS) is 23.9. The largest absolute Gasteiger partial charge is 0.497 e. The number of nitrogens with two attached hydrogens (primary N) is 1. The van der Waals surface area contributed by atoms with Crippen LogP contribution in [0.5, 0.6) is 5.75 Å². The number of rotatable bonds is 5. The molecule has 0 atom stereocenters. The van der Waals surface area contributed by atoms with E-state index in [0.717, 1.165) is 12.0 Å². The van der Waals surface area contributed by atoms with Gasteiger partial charge in [-0.05, 0) is 67.6 Å².